The standard InChI is InChI=1S/C26H21F3N6O3/c1-2-4-21(36)33-12-11-18(14-33)35-24-22(23(30)31-15-32-24)34(25(35)37)17-7-9-19(10-8-17)38-20-6-3-5-16(13-20)26(27,28)29/h3,5-10,13,15,18H,11-12,14H2,1H3,(H2,30,31,32)/t18-/m1/s1. The van der Waals surface area contributed by atoms with Crippen LogP contribution in [0.1, 0.15) is 24.9 Å². The lowest BCUT2D eigenvalue weighted by molar-refractivity contribution is -0.137. The van der Waals surface area contributed by atoms with Gasteiger partial charge in [-0.2, -0.15) is 13.2 Å². The van der Waals surface area contributed by atoms with Crippen molar-refractivity contribution in [2.45, 2.75) is 25.6 Å². The molecule has 1 aliphatic rings. The molecular formula is C26H21F3N6O3. The molecule has 0 bridgehead atoms. The number of nitrogens with two attached hydrogens (primary N) is 1. The molecule has 2 aromatic carbocycles. The second-order valence-electron chi connectivity index (χ2n) is 8.61. The maximum atomic E-state index is 13.7. The molecule has 1 aliphatic heterocycles. The first-order chi connectivity index (χ1) is 18.2. The van der Waals surface area contributed by atoms with Gasteiger partial charge in [0.2, 0.25) is 0 Å². The summed E-state index contributed by atoms with van der Waals surface area (Å²) in [6.45, 7) is 2.32. The van der Waals surface area contributed by atoms with Crippen molar-refractivity contribution in [1.82, 2.24) is 24.0 Å². The van der Waals surface area contributed by atoms with Gasteiger partial charge in [-0.15, -0.1) is 0 Å². The smallest absolute Gasteiger partial charge is 0.416 e. The number of nitrogen functional groups attached to an aromatic ring is 1. The number of halogens is 3. The van der Waals surface area contributed by atoms with E-state index >= 15 is 0 Å². The van der Waals surface area contributed by atoms with E-state index in [1.165, 1.54) is 39.7 Å². The number of imidazole rings is 1. The molecule has 0 radical (unpaired) electrons. The molecule has 4 aromatic rings. The van der Waals surface area contributed by atoms with E-state index in [1.54, 1.807) is 24.0 Å². The van der Waals surface area contributed by atoms with E-state index < -0.39 is 17.4 Å². The number of carbonyl (C=O) groups is 1. The molecule has 1 amide bonds. The first kappa shape index (κ1) is 24.9. The third-order valence-corrected chi connectivity index (χ3v) is 6.22. The van der Waals surface area contributed by atoms with E-state index in [2.05, 4.69) is 21.8 Å². The van der Waals surface area contributed by atoms with E-state index in [4.69, 9.17) is 10.5 Å². The summed E-state index contributed by atoms with van der Waals surface area (Å²) in [4.78, 5) is 35.8. The summed E-state index contributed by atoms with van der Waals surface area (Å²) in [6.07, 6.45) is -2.69. The summed E-state index contributed by atoms with van der Waals surface area (Å²) < 4.78 is 47.5. The van der Waals surface area contributed by atoms with Gasteiger partial charge in [0.1, 0.15) is 23.3 Å². The third kappa shape index (κ3) is 4.54. The van der Waals surface area contributed by atoms with E-state index in [0.717, 1.165) is 12.1 Å². The number of ether oxygens (including phenoxy) is 1. The Morgan fingerprint density at radius 1 is 1.13 bits per heavy atom. The highest BCUT2D eigenvalue weighted by Crippen LogP contribution is 2.33. The summed E-state index contributed by atoms with van der Waals surface area (Å²) in [6, 6.07) is 10.4. The van der Waals surface area contributed by atoms with Gasteiger partial charge in [0.15, 0.2) is 11.5 Å². The monoisotopic (exact) mass is 522 g/mol. The number of alkyl halides is 3. The van der Waals surface area contributed by atoms with Crippen LogP contribution in [0.2, 0.25) is 0 Å². The van der Waals surface area contributed by atoms with Crippen LogP contribution in [0.4, 0.5) is 19.0 Å². The number of benzene rings is 2. The van der Waals surface area contributed by atoms with Crippen LogP contribution in [0.3, 0.4) is 0 Å². The molecule has 2 N–H and O–H groups in total. The lowest BCUT2D eigenvalue weighted by Crippen LogP contribution is -2.31. The van der Waals surface area contributed by atoms with Crippen LogP contribution < -0.4 is 16.2 Å². The normalized spacial score (nSPS) is 15.4. The number of anilines is 1. The predicted octanol–water partition coefficient (Wildman–Crippen LogP) is 3.77. The number of fused-ring (bicyclic) bond motifs is 1. The Labute approximate surface area is 214 Å². The third-order valence-electron chi connectivity index (χ3n) is 6.22. The zero-order valence-electron chi connectivity index (χ0n) is 20.1. The number of nitrogens with zero attached hydrogens (tertiary/aromatic N) is 5. The first-order valence-corrected chi connectivity index (χ1v) is 11.6. The Morgan fingerprint density at radius 3 is 2.61 bits per heavy atom. The molecule has 3 heterocycles. The van der Waals surface area contributed by atoms with E-state index in [-0.39, 0.29) is 29.3 Å². The van der Waals surface area contributed by atoms with Gasteiger partial charge < -0.3 is 15.4 Å². The highest BCUT2D eigenvalue weighted by atomic mass is 19.4. The lowest BCUT2D eigenvalue weighted by atomic mass is 10.2. The van der Waals surface area contributed by atoms with Crippen LogP contribution in [0.5, 0.6) is 11.5 Å². The molecule has 1 saturated heterocycles. The van der Waals surface area contributed by atoms with Crippen LogP contribution in [0.25, 0.3) is 16.9 Å². The molecule has 38 heavy (non-hydrogen) atoms. The van der Waals surface area contributed by atoms with Gasteiger partial charge in [0.05, 0.1) is 17.3 Å². The number of rotatable bonds is 4. The van der Waals surface area contributed by atoms with Gasteiger partial charge in [0, 0.05) is 13.1 Å². The topological polar surface area (TPSA) is 108 Å². The zero-order chi connectivity index (χ0) is 27.0. The fourth-order valence-corrected chi connectivity index (χ4v) is 4.49. The molecule has 194 valence electrons. The Morgan fingerprint density at radius 2 is 1.89 bits per heavy atom. The van der Waals surface area contributed by atoms with Crippen LogP contribution >= 0.6 is 0 Å². The van der Waals surface area contributed by atoms with Gasteiger partial charge >= 0.3 is 11.9 Å². The second-order valence-corrected chi connectivity index (χ2v) is 8.61. The fraction of sp³-hybridized carbons (Fsp3) is 0.231. The average Bonchev–Trinajstić information content (AvgIpc) is 3.47. The zero-order valence-corrected chi connectivity index (χ0v) is 20.1. The summed E-state index contributed by atoms with van der Waals surface area (Å²) >= 11 is 0. The van der Waals surface area contributed by atoms with Crippen molar-refractivity contribution in [3.63, 3.8) is 0 Å². The first-order valence-electron chi connectivity index (χ1n) is 11.6. The van der Waals surface area contributed by atoms with E-state index in [0.29, 0.717) is 36.4 Å². The Hall–Kier alpha value is -4.79. The summed E-state index contributed by atoms with van der Waals surface area (Å²) in [5, 5.41) is 0. The summed E-state index contributed by atoms with van der Waals surface area (Å²) in [5.74, 6) is 5.19. The molecule has 2 aromatic heterocycles. The SMILES string of the molecule is CC#CC(=O)N1CC[C@@H](n2c(=O)n(-c3ccc(Oc4cccc(C(F)(F)F)c4)cc3)c3c(N)ncnc32)C1. The highest BCUT2D eigenvalue weighted by Gasteiger charge is 2.32. The molecule has 0 unspecified atom stereocenters. The maximum absolute atomic E-state index is 13.7. The van der Waals surface area contributed by atoms with Gasteiger partial charge in [-0.05, 0) is 61.7 Å². The Bertz CT molecular complexity index is 1650. The molecule has 1 fully saturated rings. The summed E-state index contributed by atoms with van der Waals surface area (Å²) in [7, 11) is 0. The number of hydrogen-bond acceptors (Lipinski definition) is 6. The van der Waals surface area contributed by atoms with Crippen LogP contribution in [-0.4, -0.2) is 43.0 Å². The maximum Gasteiger partial charge on any atom is 0.416 e. The minimum atomic E-state index is -4.49. The number of hydrogen-bond donors (Lipinski definition) is 1. The second kappa shape index (κ2) is 9.59. The van der Waals surface area contributed by atoms with E-state index in [9.17, 15) is 22.8 Å². The average molecular weight is 522 g/mol. The number of likely N-dealkylation sites (tertiary alicyclic amines) is 1. The number of carbonyl (C=O) groups excluding carboxylic acids is 1. The largest absolute Gasteiger partial charge is 0.457 e. The highest BCUT2D eigenvalue weighted by molar-refractivity contribution is 5.93. The molecule has 9 nitrogen and oxygen atoms in total. The Kier molecular flexibility index (Phi) is 6.28. The van der Waals surface area contributed by atoms with Gasteiger partial charge in [-0.1, -0.05) is 12.0 Å². The minimum absolute atomic E-state index is 0.0205. The molecule has 5 rings (SSSR count). The predicted molar refractivity (Wildman–Crippen MR) is 133 cm³/mol. The quantitative estimate of drug-likeness (QED) is 0.409. The van der Waals surface area contributed by atoms with Crippen molar-refractivity contribution in [2.24, 2.45) is 0 Å². The molecule has 1 atom stereocenters. The van der Waals surface area contributed by atoms with E-state index in [1.807, 2.05) is 0 Å². The van der Waals surface area contributed by atoms with Crippen molar-refractivity contribution in [1.29, 1.82) is 0 Å². The molecule has 0 aliphatic carbocycles. The molecule has 12 heteroatoms. The molecule has 0 saturated carbocycles. The van der Waals surface area contributed by atoms with Crippen molar-refractivity contribution in [3.8, 4) is 29.0 Å². The van der Waals surface area contributed by atoms with Crippen molar-refractivity contribution in [3.05, 3.63) is 70.9 Å². The van der Waals surface area contributed by atoms with Crippen LogP contribution in [-0.2, 0) is 11.0 Å². The van der Waals surface area contributed by atoms with Crippen LogP contribution in [0.15, 0.2) is 59.7 Å². The van der Waals surface area contributed by atoms with Crippen molar-refractivity contribution < 1.29 is 22.7 Å². The Balaban J connectivity index is 1.49. The summed E-state index contributed by atoms with van der Waals surface area (Å²) in [5.41, 5.74) is 5.97. The minimum Gasteiger partial charge on any atom is -0.457 e. The van der Waals surface area contributed by atoms with Crippen molar-refractivity contribution in [2.75, 3.05) is 18.8 Å². The molecular weight excluding hydrogens is 501 g/mol. The van der Waals surface area contributed by atoms with Gasteiger partial charge in [-0.3, -0.25) is 13.9 Å². The van der Waals surface area contributed by atoms with Gasteiger partial charge in [0.25, 0.3) is 5.91 Å². The molecule has 0 spiro atoms. The number of aromatic nitrogens is 4. The van der Waals surface area contributed by atoms with Crippen LogP contribution in [0, 0.1) is 11.8 Å². The number of amides is 1. The van der Waals surface area contributed by atoms with Gasteiger partial charge in [-0.25, -0.2) is 14.8 Å². The van der Waals surface area contributed by atoms with Crippen molar-refractivity contribution >= 4 is 22.9 Å². The lowest BCUT2D eigenvalue weighted by Gasteiger charge is -2.14. The fourth-order valence-electron chi connectivity index (χ4n) is 4.49.